The summed E-state index contributed by atoms with van der Waals surface area (Å²) >= 11 is 6.20. The Hall–Kier alpha value is -1.09. The second-order valence-corrected chi connectivity index (χ2v) is 5.66. The summed E-state index contributed by atoms with van der Waals surface area (Å²) in [5.74, 6) is 0.534. The zero-order valence-electron chi connectivity index (χ0n) is 10.4. The van der Waals surface area contributed by atoms with Crippen LogP contribution in [0, 0.1) is 5.82 Å². The lowest BCUT2D eigenvalue weighted by atomic mass is 10.2. The third-order valence-corrected chi connectivity index (χ3v) is 3.94. The Labute approximate surface area is 111 Å². The Morgan fingerprint density at radius 3 is 2.78 bits per heavy atom. The summed E-state index contributed by atoms with van der Waals surface area (Å²) in [5.41, 5.74) is 1.33. The van der Waals surface area contributed by atoms with Crippen LogP contribution in [0.15, 0.2) is 18.2 Å². The molecule has 18 heavy (non-hydrogen) atoms. The summed E-state index contributed by atoms with van der Waals surface area (Å²) in [6, 6.07) is 5.56. The molecule has 2 aromatic rings. The molecule has 0 spiro atoms. The molecular weight excluding hydrogens is 251 g/mol. The molecule has 0 radical (unpaired) electrons. The second-order valence-electron chi connectivity index (χ2n) is 5.00. The maximum atomic E-state index is 13.8. The van der Waals surface area contributed by atoms with Crippen LogP contribution >= 0.6 is 11.6 Å². The van der Waals surface area contributed by atoms with Gasteiger partial charge in [-0.15, -0.1) is 11.6 Å². The first kappa shape index (κ1) is 12.0. The molecule has 1 fully saturated rings. The van der Waals surface area contributed by atoms with Crippen molar-refractivity contribution in [3.63, 3.8) is 0 Å². The van der Waals surface area contributed by atoms with Gasteiger partial charge >= 0.3 is 0 Å². The van der Waals surface area contributed by atoms with Gasteiger partial charge in [0.25, 0.3) is 0 Å². The fourth-order valence-corrected chi connectivity index (χ4v) is 3.08. The lowest BCUT2D eigenvalue weighted by Gasteiger charge is -2.17. The molecule has 0 bridgehead atoms. The zero-order valence-corrected chi connectivity index (χ0v) is 11.1. The number of para-hydroxylation sites is 1. The first-order valence-corrected chi connectivity index (χ1v) is 6.92. The van der Waals surface area contributed by atoms with Crippen molar-refractivity contribution >= 4 is 22.6 Å². The highest BCUT2D eigenvalue weighted by molar-refractivity contribution is 6.20. The third-order valence-electron chi connectivity index (χ3n) is 3.74. The van der Waals surface area contributed by atoms with Gasteiger partial charge in [0.15, 0.2) is 5.82 Å². The third kappa shape index (κ3) is 1.81. The molecule has 0 N–H and O–H groups in total. The fourth-order valence-electron chi connectivity index (χ4n) is 2.93. The molecule has 1 unspecified atom stereocenters. The first-order valence-electron chi connectivity index (χ1n) is 6.49. The summed E-state index contributed by atoms with van der Waals surface area (Å²) < 4.78 is 16.0. The summed E-state index contributed by atoms with van der Waals surface area (Å²) in [7, 11) is 0. The van der Waals surface area contributed by atoms with Crippen molar-refractivity contribution in [2.45, 2.75) is 44.0 Å². The summed E-state index contributed by atoms with van der Waals surface area (Å²) in [5, 5.41) is -0.197. The van der Waals surface area contributed by atoms with Crippen LogP contribution in [0.1, 0.15) is 49.9 Å². The largest absolute Gasteiger partial charge is 0.324 e. The van der Waals surface area contributed by atoms with Crippen LogP contribution in [0.5, 0.6) is 0 Å². The highest BCUT2D eigenvalue weighted by Crippen LogP contribution is 2.36. The van der Waals surface area contributed by atoms with Crippen molar-refractivity contribution in [1.82, 2.24) is 9.55 Å². The lowest BCUT2D eigenvalue weighted by Crippen LogP contribution is -2.09. The van der Waals surface area contributed by atoms with Crippen LogP contribution < -0.4 is 0 Å². The Balaban J connectivity index is 2.25. The molecule has 1 aromatic heterocycles. The number of fused-ring (bicyclic) bond motifs is 1. The molecule has 3 rings (SSSR count). The van der Waals surface area contributed by atoms with Gasteiger partial charge in [0.05, 0.1) is 10.9 Å². The lowest BCUT2D eigenvalue weighted by molar-refractivity contribution is 0.510. The first-order chi connectivity index (χ1) is 8.68. The van der Waals surface area contributed by atoms with E-state index >= 15 is 0 Å². The molecule has 0 saturated heterocycles. The number of aromatic nitrogens is 2. The van der Waals surface area contributed by atoms with Crippen molar-refractivity contribution in [2.75, 3.05) is 0 Å². The van der Waals surface area contributed by atoms with E-state index in [1.165, 1.54) is 18.9 Å². The molecule has 1 saturated carbocycles. The van der Waals surface area contributed by atoms with Crippen molar-refractivity contribution in [2.24, 2.45) is 0 Å². The van der Waals surface area contributed by atoms with Crippen LogP contribution in [0.4, 0.5) is 4.39 Å². The van der Waals surface area contributed by atoms with Gasteiger partial charge < -0.3 is 4.57 Å². The van der Waals surface area contributed by atoms with E-state index in [4.69, 9.17) is 11.6 Å². The van der Waals surface area contributed by atoms with Gasteiger partial charge in [-0.05, 0) is 31.9 Å². The number of alkyl halides is 1. The SMILES string of the molecule is CC(Cl)c1nc2c(F)cccc2n1C1CCCC1. The Kier molecular flexibility index (Phi) is 3.02. The quantitative estimate of drug-likeness (QED) is 0.727. The summed E-state index contributed by atoms with van der Waals surface area (Å²) in [6.07, 6.45) is 4.74. The monoisotopic (exact) mass is 266 g/mol. The number of imidazole rings is 1. The topological polar surface area (TPSA) is 17.8 Å². The van der Waals surface area contributed by atoms with E-state index in [9.17, 15) is 4.39 Å². The van der Waals surface area contributed by atoms with E-state index in [0.29, 0.717) is 11.6 Å². The van der Waals surface area contributed by atoms with Gasteiger partial charge in [0.2, 0.25) is 0 Å². The van der Waals surface area contributed by atoms with Crippen LogP contribution in [0.3, 0.4) is 0 Å². The molecule has 0 aliphatic heterocycles. The minimum atomic E-state index is -0.261. The maximum absolute atomic E-state index is 13.8. The number of benzene rings is 1. The maximum Gasteiger partial charge on any atom is 0.151 e. The summed E-state index contributed by atoms with van der Waals surface area (Å²) in [6.45, 7) is 1.89. The second kappa shape index (κ2) is 4.54. The molecule has 2 nitrogen and oxygen atoms in total. The Bertz CT molecular complexity index is 570. The number of nitrogens with zero attached hydrogens (tertiary/aromatic N) is 2. The smallest absolute Gasteiger partial charge is 0.151 e. The predicted octanol–water partition coefficient (Wildman–Crippen LogP) is 4.59. The van der Waals surface area contributed by atoms with E-state index < -0.39 is 0 Å². The molecule has 96 valence electrons. The average Bonchev–Trinajstić information content (AvgIpc) is 2.94. The van der Waals surface area contributed by atoms with E-state index in [-0.39, 0.29) is 11.2 Å². The minimum Gasteiger partial charge on any atom is -0.324 e. The minimum absolute atomic E-state index is 0.197. The van der Waals surface area contributed by atoms with Gasteiger partial charge in [0, 0.05) is 6.04 Å². The van der Waals surface area contributed by atoms with Crippen molar-refractivity contribution in [1.29, 1.82) is 0 Å². The number of rotatable bonds is 2. The Morgan fingerprint density at radius 2 is 2.11 bits per heavy atom. The Morgan fingerprint density at radius 1 is 1.39 bits per heavy atom. The molecule has 1 atom stereocenters. The molecule has 1 aliphatic carbocycles. The number of halogens is 2. The van der Waals surface area contributed by atoms with Crippen molar-refractivity contribution in [3.05, 3.63) is 29.8 Å². The highest BCUT2D eigenvalue weighted by atomic mass is 35.5. The normalized spacial score (nSPS) is 18.6. The van der Waals surface area contributed by atoms with Crippen LogP contribution in [0.25, 0.3) is 11.0 Å². The van der Waals surface area contributed by atoms with Crippen molar-refractivity contribution in [3.8, 4) is 0 Å². The van der Waals surface area contributed by atoms with Gasteiger partial charge in [-0.25, -0.2) is 9.37 Å². The molecule has 1 aromatic carbocycles. The summed E-state index contributed by atoms with van der Waals surface area (Å²) in [4.78, 5) is 4.41. The molecule has 0 amide bonds. The van der Waals surface area contributed by atoms with Gasteiger partial charge in [-0.1, -0.05) is 18.9 Å². The molecule has 4 heteroatoms. The zero-order chi connectivity index (χ0) is 12.7. The standard InChI is InChI=1S/C14H16ClFN2/c1-9(15)14-17-13-11(16)7-4-8-12(13)18(14)10-5-2-3-6-10/h4,7-10H,2-3,5-6H2,1H3. The van der Waals surface area contributed by atoms with Gasteiger partial charge in [0.1, 0.15) is 11.3 Å². The van der Waals surface area contributed by atoms with E-state index in [2.05, 4.69) is 9.55 Å². The van der Waals surface area contributed by atoms with Crippen molar-refractivity contribution < 1.29 is 4.39 Å². The van der Waals surface area contributed by atoms with Gasteiger partial charge in [-0.2, -0.15) is 0 Å². The molecule has 1 heterocycles. The molecular formula is C14H16ClFN2. The highest BCUT2D eigenvalue weighted by Gasteiger charge is 2.25. The van der Waals surface area contributed by atoms with Gasteiger partial charge in [-0.3, -0.25) is 0 Å². The average molecular weight is 267 g/mol. The van der Waals surface area contributed by atoms with E-state index in [1.54, 1.807) is 6.07 Å². The molecule has 1 aliphatic rings. The fraction of sp³-hybridized carbons (Fsp3) is 0.500. The van der Waals surface area contributed by atoms with Crippen LogP contribution in [-0.4, -0.2) is 9.55 Å². The van der Waals surface area contributed by atoms with E-state index in [1.807, 2.05) is 13.0 Å². The number of hydrogen-bond donors (Lipinski definition) is 0. The number of hydrogen-bond acceptors (Lipinski definition) is 1. The van der Waals surface area contributed by atoms with Crippen LogP contribution in [0.2, 0.25) is 0 Å². The van der Waals surface area contributed by atoms with E-state index in [0.717, 1.165) is 24.2 Å². The van der Waals surface area contributed by atoms with Crippen LogP contribution in [-0.2, 0) is 0 Å². The predicted molar refractivity (Wildman–Crippen MR) is 71.5 cm³/mol.